The number of hydrogen-bond donors (Lipinski definition) is 0. The van der Waals surface area contributed by atoms with Gasteiger partial charge in [-0.15, -0.1) is 0 Å². The monoisotopic (exact) mass is 536 g/mol. The van der Waals surface area contributed by atoms with Crippen molar-refractivity contribution in [3.63, 3.8) is 0 Å². The average Bonchev–Trinajstić information content (AvgIpc) is 3.60. The van der Waals surface area contributed by atoms with E-state index in [0.717, 1.165) is 39.3 Å². The van der Waals surface area contributed by atoms with Crippen LogP contribution in [0.2, 0.25) is 0 Å². The lowest BCUT2D eigenvalue weighted by molar-refractivity contribution is 0.645. The predicted molar refractivity (Wildman–Crippen MR) is 161 cm³/mol. The summed E-state index contributed by atoms with van der Waals surface area (Å²) in [5, 5.41) is 5.04. The molecule has 192 valence electrons. The first-order valence-electron chi connectivity index (χ1n) is 13.1. The Morgan fingerprint density at radius 2 is 1.32 bits per heavy atom. The Bertz CT molecular complexity index is 2010. The summed E-state index contributed by atoms with van der Waals surface area (Å²) in [5.41, 5.74) is 6.47. The maximum atomic E-state index is 14.0. The summed E-state index contributed by atoms with van der Waals surface area (Å²) in [7, 11) is 0. The van der Waals surface area contributed by atoms with Crippen LogP contribution in [-0.4, -0.2) is 14.3 Å². The minimum Gasteiger partial charge on any atom is -0.272 e. The van der Waals surface area contributed by atoms with Crippen molar-refractivity contribution in [2.45, 2.75) is 6.04 Å². The Hall–Kier alpha value is -5.07. The first-order chi connectivity index (χ1) is 19.7. The second-order valence-corrected chi connectivity index (χ2v) is 10.5. The fourth-order valence-electron chi connectivity index (χ4n) is 5.01. The van der Waals surface area contributed by atoms with Gasteiger partial charge in [0.05, 0.1) is 27.7 Å². The molecule has 1 unspecified atom stereocenters. The Morgan fingerprint density at radius 3 is 2.00 bits per heavy atom. The Morgan fingerprint density at radius 1 is 0.725 bits per heavy atom. The van der Waals surface area contributed by atoms with Crippen molar-refractivity contribution >= 4 is 23.1 Å². The molecular formula is C34H24N4OS. The first kappa shape index (κ1) is 24.0. The van der Waals surface area contributed by atoms with Crippen LogP contribution in [0.25, 0.3) is 28.7 Å². The minimum absolute atomic E-state index is 0.0626. The van der Waals surface area contributed by atoms with Crippen LogP contribution in [0.3, 0.4) is 0 Å². The topological polar surface area (TPSA) is 52.2 Å². The van der Waals surface area contributed by atoms with E-state index in [2.05, 4.69) is 30.3 Å². The van der Waals surface area contributed by atoms with Gasteiger partial charge in [-0.1, -0.05) is 121 Å². The molecule has 0 amide bonds. The molecule has 0 N–H and O–H groups in total. The van der Waals surface area contributed by atoms with Crippen molar-refractivity contribution in [3.8, 4) is 16.9 Å². The summed E-state index contributed by atoms with van der Waals surface area (Å²) in [6.07, 6.45) is 6.07. The molecule has 0 fully saturated rings. The van der Waals surface area contributed by atoms with E-state index in [1.807, 2.05) is 119 Å². The van der Waals surface area contributed by atoms with E-state index in [-0.39, 0.29) is 5.56 Å². The summed E-state index contributed by atoms with van der Waals surface area (Å²) in [4.78, 5) is 19.6. The zero-order chi connectivity index (χ0) is 26.9. The summed E-state index contributed by atoms with van der Waals surface area (Å²) in [6.45, 7) is 0. The van der Waals surface area contributed by atoms with Gasteiger partial charge in [-0.25, -0.2) is 9.67 Å². The van der Waals surface area contributed by atoms with Gasteiger partial charge in [0.25, 0.3) is 5.56 Å². The van der Waals surface area contributed by atoms with Crippen LogP contribution in [0.1, 0.15) is 22.7 Å². The molecule has 4 aromatic carbocycles. The van der Waals surface area contributed by atoms with E-state index in [1.165, 1.54) is 11.3 Å². The van der Waals surface area contributed by atoms with Crippen molar-refractivity contribution in [3.05, 3.63) is 170 Å². The number of benzene rings is 4. The van der Waals surface area contributed by atoms with Crippen molar-refractivity contribution in [2.75, 3.05) is 0 Å². The van der Waals surface area contributed by atoms with Crippen molar-refractivity contribution in [1.82, 2.24) is 14.3 Å². The Balaban J connectivity index is 1.49. The number of rotatable bonds is 5. The summed E-state index contributed by atoms with van der Waals surface area (Å²) >= 11 is 1.42. The van der Waals surface area contributed by atoms with Gasteiger partial charge in [-0.3, -0.25) is 9.36 Å². The summed E-state index contributed by atoms with van der Waals surface area (Å²) in [6, 6.07) is 39.8. The number of allylic oxidation sites excluding steroid dienone is 1. The maximum Gasteiger partial charge on any atom is 0.271 e. The van der Waals surface area contributed by atoms with E-state index in [4.69, 9.17) is 10.1 Å². The molecule has 0 radical (unpaired) electrons. The molecule has 1 aliphatic rings. The standard InChI is InChI=1S/C34H24N4OS/c39-33-31(21-24-13-5-1-6-14-24)40-34-35-29(25-15-7-2-8-16-25)22-30(38(33)34)28-23-37(27-19-11-4-12-20-27)36-32(28)26-17-9-3-10-18-26/h1-23,30H/b31-21-. The highest BCUT2D eigenvalue weighted by Gasteiger charge is 2.27. The first-order valence-corrected chi connectivity index (χ1v) is 13.9. The van der Waals surface area contributed by atoms with Crippen molar-refractivity contribution < 1.29 is 0 Å². The Kier molecular flexibility index (Phi) is 6.15. The lowest BCUT2D eigenvalue weighted by Crippen LogP contribution is -2.36. The van der Waals surface area contributed by atoms with Gasteiger partial charge in [0, 0.05) is 17.3 Å². The average molecular weight is 537 g/mol. The lowest BCUT2D eigenvalue weighted by atomic mass is 9.99. The largest absolute Gasteiger partial charge is 0.272 e. The van der Waals surface area contributed by atoms with E-state index in [9.17, 15) is 4.79 Å². The molecule has 1 aliphatic heterocycles. The zero-order valence-corrected chi connectivity index (χ0v) is 22.3. The molecule has 0 saturated heterocycles. The third-order valence-corrected chi connectivity index (χ3v) is 7.93. The van der Waals surface area contributed by atoms with E-state index in [1.54, 1.807) is 0 Å². The molecular weight excluding hydrogens is 512 g/mol. The van der Waals surface area contributed by atoms with Gasteiger partial charge >= 0.3 is 0 Å². The highest BCUT2D eigenvalue weighted by molar-refractivity contribution is 7.07. The van der Waals surface area contributed by atoms with Crippen LogP contribution >= 0.6 is 11.3 Å². The molecule has 40 heavy (non-hydrogen) atoms. The molecule has 6 heteroatoms. The van der Waals surface area contributed by atoms with Crippen LogP contribution in [0.4, 0.5) is 0 Å². The van der Waals surface area contributed by atoms with Gasteiger partial charge < -0.3 is 0 Å². The number of hydrogen-bond acceptors (Lipinski definition) is 4. The lowest BCUT2D eigenvalue weighted by Gasteiger charge is -2.19. The molecule has 2 aromatic heterocycles. The quantitative estimate of drug-likeness (QED) is 0.277. The molecule has 0 aliphatic carbocycles. The fourth-order valence-corrected chi connectivity index (χ4v) is 6.03. The van der Waals surface area contributed by atoms with Gasteiger partial charge in [0.15, 0.2) is 4.80 Å². The number of fused-ring (bicyclic) bond motifs is 1. The number of nitrogens with zero attached hydrogens (tertiary/aromatic N) is 4. The SMILES string of the molecule is O=c1/c(=C/c2ccccc2)sc2n1C(c1cn(-c3ccccc3)nc1-c1ccccc1)C=C(c1ccccc1)N=2. The maximum absolute atomic E-state index is 14.0. The van der Waals surface area contributed by atoms with Crippen LogP contribution in [0.5, 0.6) is 0 Å². The van der Waals surface area contributed by atoms with Crippen molar-refractivity contribution in [1.29, 1.82) is 0 Å². The van der Waals surface area contributed by atoms with Crippen LogP contribution in [0.15, 0.2) is 143 Å². The molecule has 0 spiro atoms. The highest BCUT2D eigenvalue weighted by Crippen LogP contribution is 2.33. The smallest absolute Gasteiger partial charge is 0.271 e. The molecule has 0 saturated carbocycles. The van der Waals surface area contributed by atoms with E-state index < -0.39 is 6.04 Å². The fraction of sp³-hybridized carbons (Fsp3) is 0.0294. The predicted octanol–water partition coefficient (Wildman–Crippen LogP) is 5.86. The summed E-state index contributed by atoms with van der Waals surface area (Å²) in [5.74, 6) is 0. The van der Waals surface area contributed by atoms with Crippen LogP contribution < -0.4 is 14.9 Å². The number of thiazole rings is 1. The molecule has 1 atom stereocenters. The normalized spacial score (nSPS) is 14.8. The molecule has 6 aromatic rings. The molecule has 0 bridgehead atoms. The van der Waals surface area contributed by atoms with Gasteiger partial charge in [-0.05, 0) is 35.4 Å². The third kappa shape index (κ3) is 4.44. The van der Waals surface area contributed by atoms with E-state index in [0.29, 0.717) is 9.33 Å². The molecule has 3 heterocycles. The van der Waals surface area contributed by atoms with Crippen molar-refractivity contribution in [2.24, 2.45) is 4.99 Å². The summed E-state index contributed by atoms with van der Waals surface area (Å²) < 4.78 is 4.35. The Labute approximate surface area is 235 Å². The third-order valence-electron chi connectivity index (χ3n) is 6.94. The van der Waals surface area contributed by atoms with Gasteiger partial charge in [0.1, 0.15) is 0 Å². The second kappa shape index (κ2) is 10.2. The van der Waals surface area contributed by atoms with Gasteiger partial charge in [0.2, 0.25) is 0 Å². The van der Waals surface area contributed by atoms with Crippen LogP contribution in [0, 0.1) is 0 Å². The minimum atomic E-state index is -0.392. The van der Waals surface area contributed by atoms with Crippen LogP contribution in [-0.2, 0) is 0 Å². The number of aromatic nitrogens is 3. The van der Waals surface area contributed by atoms with Gasteiger partial charge in [-0.2, -0.15) is 5.10 Å². The number of para-hydroxylation sites is 1. The molecule has 7 rings (SSSR count). The highest BCUT2D eigenvalue weighted by atomic mass is 32.1. The van der Waals surface area contributed by atoms with E-state index >= 15 is 0 Å². The zero-order valence-electron chi connectivity index (χ0n) is 21.5. The molecule has 5 nitrogen and oxygen atoms in total. The second-order valence-electron chi connectivity index (χ2n) is 9.53.